The van der Waals surface area contributed by atoms with E-state index in [4.69, 9.17) is 9.47 Å². The van der Waals surface area contributed by atoms with Gasteiger partial charge in [-0.25, -0.2) is 4.79 Å². The fraction of sp³-hybridized carbons (Fsp3) is 0.364. The van der Waals surface area contributed by atoms with Crippen LogP contribution in [0.5, 0.6) is 5.75 Å². The molecule has 3 rings (SSSR count). The van der Waals surface area contributed by atoms with Gasteiger partial charge in [0.1, 0.15) is 11.3 Å². The van der Waals surface area contributed by atoms with E-state index in [1.165, 1.54) is 12.7 Å². The van der Waals surface area contributed by atoms with E-state index in [2.05, 4.69) is 11.4 Å². The van der Waals surface area contributed by atoms with Crippen molar-refractivity contribution < 1.29 is 19.1 Å². The Morgan fingerprint density at radius 2 is 1.96 bits per heavy atom. The van der Waals surface area contributed by atoms with Crippen molar-refractivity contribution >= 4 is 11.9 Å². The standard InChI is InChI=1S/C22H25NO4/c1-14-11-12-20(26-3)18(13-14)22(25)27-15(2)21(24)23-19-10-6-8-16-7-4-5-9-17(16)19/h4-5,7,9,11-13,15,19H,6,8,10H2,1-3H3,(H,23,24)/t15-,19+/m1/s1. The fourth-order valence-corrected chi connectivity index (χ4v) is 3.45. The van der Waals surface area contributed by atoms with Crippen molar-refractivity contribution in [3.05, 3.63) is 64.7 Å². The van der Waals surface area contributed by atoms with E-state index < -0.39 is 12.1 Å². The van der Waals surface area contributed by atoms with Crippen molar-refractivity contribution in [1.29, 1.82) is 0 Å². The second-order valence-electron chi connectivity index (χ2n) is 6.90. The Labute approximate surface area is 159 Å². The molecule has 0 radical (unpaired) electrons. The van der Waals surface area contributed by atoms with Crippen LogP contribution in [-0.4, -0.2) is 25.1 Å². The Morgan fingerprint density at radius 1 is 1.19 bits per heavy atom. The van der Waals surface area contributed by atoms with Gasteiger partial charge >= 0.3 is 5.97 Å². The molecule has 0 unspecified atom stereocenters. The van der Waals surface area contributed by atoms with Gasteiger partial charge in [-0.3, -0.25) is 4.79 Å². The molecular weight excluding hydrogens is 342 g/mol. The third kappa shape index (κ3) is 4.30. The SMILES string of the molecule is COc1ccc(C)cc1C(=O)O[C@H](C)C(=O)N[C@H]1CCCc2ccccc21. The van der Waals surface area contributed by atoms with Crippen LogP contribution in [0.3, 0.4) is 0 Å². The monoisotopic (exact) mass is 367 g/mol. The molecule has 142 valence electrons. The van der Waals surface area contributed by atoms with Gasteiger partial charge < -0.3 is 14.8 Å². The second-order valence-corrected chi connectivity index (χ2v) is 6.90. The number of methoxy groups -OCH3 is 1. The number of hydrogen-bond acceptors (Lipinski definition) is 4. The molecule has 0 saturated carbocycles. The number of aryl methyl sites for hydroxylation is 2. The summed E-state index contributed by atoms with van der Waals surface area (Å²) < 4.78 is 10.6. The largest absolute Gasteiger partial charge is 0.496 e. The van der Waals surface area contributed by atoms with E-state index in [-0.39, 0.29) is 11.9 Å². The molecule has 2 aromatic rings. The summed E-state index contributed by atoms with van der Waals surface area (Å²) >= 11 is 0. The molecule has 2 aromatic carbocycles. The van der Waals surface area contributed by atoms with Crippen LogP contribution in [0.4, 0.5) is 0 Å². The second kappa shape index (κ2) is 8.25. The van der Waals surface area contributed by atoms with Crippen LogP contribution in [-0.2, 0) is 16.0 Å². The van der Waals surface area contributed by atoms with Gasteiger partial charge in [-0.05, 0) is 56.4 Å². The average Bonchev–Trinajstić information content (AvgIpc) is 2.68. The zero-order valence-electron chi connectivity index (χ0n) is 16.0. The van der Waals surface area contributed by atoms with Crippen molar-refractivity contribution in [1.82, 2.24) is 5.32 Å². The molecule has 5 nitrogen and oxygen atoms in total. The summed E-state index contributed by atoms with van der Waals surface area (Å²) in [5.41, 5.74) is 3.65. The summed E-state index contributed by atoms with van der Waals surface area (Å²) in [6.45, 7) is 3.47. The van der Waals surface area contributed by atoms with Crippen molar-refractivity contribution in [2.24, 2.45) is 0 Å². The molecule has 0 spiro atoms. The van der Waals surface area contributed by atoms with Gasteiger partial charge in [0.15, 0.2) is 6.10 Å². The van der Waals surface area contributed by atoms with Crippen LogP contribution in [0.2, 0.25) is 0 Å². The van der Waals surface area contributed by atoms with Crippen LogP contribution in [0.25, 0.3) is 0 Å². The maximum atomic E-state index is 12.6. The minimum Gasteiger partial charge on any atom is -0.496 e. The summed E-state index contributed by atoms with van der Waals surface area (Å²) in [5, 5.41) is 3.02. The van der Waals surface area contributed by atoms with E-state index in [0.29, 0.717) is 11.3 Å². The fourth-order valence-electron chi connectivity index (χ4n) is 3.45. The molecule has 0 aliphatic heterocycles. The molecule has 0 bridgehead atoms. The highest BCUT2D eigenvalue weighted by molar-refractivity contribution is 5.95. The van der Waals surface area contributed by atoms with Crippen molar-refractivity contribution in [2.45, 2.75) is 45.3 Å². The molecule has 27 heavy (non-hydrogen) atoms. The third-order valence-corrected chi connectivity index (χ3v) is 4.91. The summed E-state index contributed by atoms with van der Waals surface area (Å²) in [5.74, 6) is -0.432. The van der Waals surface area contributed by atoms with Crippen LogP contribution in [0.1, 0.15) is 52.9 Å². The lowest BCUT2D eigenvalue weighted by atomic mass is 9.87. The van der Waals surface area contributed by atoms with Gasteiger partial charge in [-0.15, -0.1) is 0 Å². The van der Waals surface area contributed by atoms with E-state index in [1.54, 1.807) is 19.1 Å². The first-order valence-corrected chi connectivity index (χ1v) is 9.23. The minimum atomic E-state index is -0.892. The molecule has 0 heterocycles. The van der Waals surface area contributed by atoms with Gasteiger partial charge in [-0.1, -0.05) is 35.9 Å². The first-order valence-electron chi connectivity index (χ1n) is 9.23. The number of nitrogens with one attached hydrogen (secondary N) is 1. The highest BCUT2D eigenvalue weighted by Crippen LogP contribution is 2.29. The van der Waals surface area contributed by atoms with Gasteiger partial charge in [0.05, 0.1) is 13.2 Å². The lowest BCUT2D eigenvalue weighted by molar-refractivity contribution is -0.130. The third-order valence-electron chi connectivity index (χ3n) is 4.91. The van der Waals surface area contributed by atoms with E-state index in [1.807, 2.05) is 31.2 Å². The molecular formula is C22H25NO4. The Morgan fingerprint density at radius 3 is 2.74 bits per heavy atom. The number of rotatable bonds is 5. The lowest BCUT2D eigenvalue weighted by Gasteiger charge is -2.27. The topological polar surface area (TPSA) is 64.6 Å². The number of benzene rings is 2. The molecule has 1 amide bonds. The molecule has 0 aromatic heterocycles. The molecule has 1 N–H and O–H groups in total. The lowest BCUT2D eigenvalue weighted by Crippen LogP contribution is -2.39. The molecule has 2 atom stereocenters. The Hall–Kier alpha value is -2.82. The van der Waals surface area contributed by atoms with Crippen LogP contribution in [0.15, 0.2) is 42.5 Å². The van der Waals surface area contributed by atoms with Crippen LogP contribution < -0.4 is 10.1 Å². The van der Waals surface area contributed by atoms with Crippen molar-refractivity contribution in [3.63, 3.8) is 0 Å². The van der Waals surface area contributed by atoms with E-state index in [0.717, 1.165) is 30.4 Å². The predicted octanol–water partition coefficient (Wildman–Crippen LogP) is 3.74. The average molecular weight is 367 g/mol. The van der Waals surface area contributed by atoms with Crippen LogP contribution in [0, 0.1) is 6.92 Å². The first kappa shape index (κ1) is 19.0. The number of hydrogen-bond donors (Lipinski definition) is 1. The van der Waals surface area contributed by atoms with Crippen molar-refractivity contribution in [2.75, 3.05) is 7.11 Å². The number of carbonyl (C=O) groups is 2. The van der Waals surface area contributed by atoms with Gasteiger partial charge in [-0.2, -0.15) is 0 Å². The maximum absolute atomic E-state index is 12.6. The van der Waals surface area contributed by atoms with Crippen LogP contribution >= 0.6 is 0 Å². The Bertz CT molecular complexity index is 846. The maximum Gasteiger partial charge on any atom is 0.342 e. The summed E-state index contributed by atoms with van der Waals surface area (Å²) in [6.07, 6.45) is 2.04. The van der Waals surface area contributed by atoms with E-state index >= 15 is 0 Å². The number of ether oxygens (including phenoxy) is 2. The van der Waals surface area contributed by atoms with Gasteiger partial charge in [0.25, 0.3) is 5.91 Å². The molecule has 0 fully saturated rings. The summed E-state index contributed by atoms with van der Waals surface area (Å²) in [4.78, 5) is 25.1. The Balaban J connectivity index is 1.67. The highest BCUT2D eigenvalue weighted by Gasteiger charge is 2.26. The zero-order chi connectivity index (χ0) is 19.4. The zero-order valence-corrected chi connectivity index (χ0v) is 16.0. The molecule has 0 saturated heterocycles. The highest BCUT2D eigenvalue weighted by atomic mass is 16.5. The normalized spacial score (nSPS) is 16.8. The number of carbonyl (C=O) groups excluding carboxylic acids is 2. The van der Waals surface area contributed by atoms with E-state index in [9.17, 15) is 9.59 Å². The molecule has 1 aliphatic rings. The minimum absolute atomic E-state index is 0.0443. The summed E-state index contributed by atoms with van der Waals surface area (Å²) in [6, 6.07) is 13.4. The van der Waals surface area contributed by atoms with Crippen molar-refractivity contribution in [3.8, 4) is 5.75 Å². The number of fused-ring (bicyclic) bond motifs is 1. The quantitative estimate of drug-likeness (QED) is 0.818. The number of esters is 1. The van der Waals surface area contributed by atoms with Gasteiger partial charge in [0.2, 0.25) is 0 Å². The number of amides is 1. The first-order chi connectivity index (χ1) is 13.0. The van der Waals surface area contributed by atoms with Gasteiger partial charge in [0, 0.05) is 0 Å². The smallest absolute Gasteiger partial charge is 0.342 e. The molecule has 1 aliphatic carbocycles. The Kier molecular flexibility index (Phi) is 5.79. The predicted molar refractivity (Wildman–Crippen MR) is 103 cm³/mol. The molecule has 5 heteroatoms. The summed E-state index contributed by atoms with van der Waals surface area (Å²) in [7, 11) is 1.50.